The quantitative estimate of drug-likeness (QED) is 0.547. The van der Waals surface area contributed by atoms with Gasteiger partial charge in [0.2, 0.25) is 5.95 Å². The van der Waals surface area contributed by atoms with Crippen molar-refractivity contribution in [1.29, 1.82) is 0 Å². The van der Waals surface area contributed by atoms with Crippen molar-refractivity contribution in [2.24, 2.45) is 0 Å². The Balaban J connectivity index is 1.55. The number of aromatic nitrogens is 2. The Labute approximate surface area is 196 Å². The molecule has 1 aromatic carbocycles. The lowest BCUT2D eigenvalue weighted by Gasteiger charge is -2.25. The molecule has 33 heavy (non-hydrogen) atoms. The van der Waals surface area contributed by atoms with Gasteiger partial charge in [0.15, 0.2) is 11.5 Å². The number of hydrogen-bond acceptors (Lipinski definition) is 9. The summed E-state index contributed by atoms with van der Waals surface area (Å²) in [6.07, 6.45) is 4.69. The molecule has 0 bridgehead atoms. The van der Waals surface area contributed by atoms with E-state index in [1.54, 1.807) is 7.11 Å². The van der Waals surface area contributed by atoms with Gasteiger partial charge in [-0.15, -0.1) is 0 Å². The standard InChI is InChI=1S/C23H35N5O4S/c1-27(2)23-25-19-16-21(32-12-6-11-28-9-4-5-10-28)20(31-3)15-18(19)22(26-23)24-17-7-13-33(29,30)14-8-17/h15-17H,4-14H2,1-3H3,(H,24,25,26). The van der Waals surface area contributed by atoms with E-state index in [1.165, 1.54) is 25.9 Å². The van der Waals surface area contributed by atoms with E-state index in [1.807, 2.05) is 31.1 Å². The Bertz CT molecular complexity index is 1060. The highest BCUT2D eigenvalue weighted by Gasteiger charge is 2.25. The number of nitrogens with zero attached hydrogens (tertiary/aromatic N) is 4. The third-order valence-corrected chi connectivity index (χ3v) is 8.06. The van der Waals surface area contributed by atoms with Crippen LogP contribution in [0.2, 0.25) is 0 Å². The van der Waals surface area contributed by atoms with Gasteiger partial charge in [-0.2, -0.15) is 4.98 Å². The van der Waals surface area contributed by atoms with Crippen LogP contribution < -0.4 is 19.7 Å². The number of nitrogens with one attached hydrogen (secondary N) is 1. The number of benzene rings is 1. The number of likely N-dealkylation sites (tertiary alicyclic amines) is 1. The predicted molar refractivity (Wildman–Crippen MR) is 132 cm³/mol. The molecule has 0 unspecified atom stereocenters. The molecule has 2 saturated heterocycles. The molecule has 0 atom stereocenters. The van der Waals surface area contributed by atoms with Gasteiger partial charge in [0.1, 0.15) is 15.7 Å². The molecule has 0 saturated carbocycles. The molecule has 0 amide bonds. The molecule has 10 heteroatoms. The highest BCUT2D eigenvalue weighted by molar-refractivity contribution is 7.91. The second-order valence-corrected chi connectivity index (χ2v) is 11.4. The molecule has 0 radical (unpaired) electrons. The Kier molecular flexibility index (Phi) is 7.43. The zero-order chi connectivity index (χ0) is 23.4. The number of fused-ring (bicyclic) bond motifs is 1. The summed E-state index contributed by atoms with van der Waals surface area (Å²) in [5.41, 5.74) is 0.759. The van der Waals surface area contributed by atoms with E-state index >= 15 is 0 Å². The SMILES string of the molecule is COc1cc2c(NC3CCS(=O)(=O)CC3)nc(N(C)C)nc2cc1OCCCN1CCCC1. The second kappa shape index (κ2) is 10.3. The maximum atomic E-state index is 11.8. The summed E-state index contributed by atoms with van der Waals surface area (Å²) in [7, 11) is 2.51. The molecular weight excluding hydrogens is 442 g/mol. The van der Waals surface area contributed by atoms with Crippen molar-refractivity contribution < 1.29 is 17.9 Å². The van der Waals surface area contributed by atoms with Gasteiger partial charge < -0.3 is 24.6 Å². The fourth-order valence-electron chi connectivity index (χ4n) is 4.41. The van der Waals surface area contributed by atoms with Crippen LogP contribution in [0.1, 0.15) is 32.1 Å². The summed E-state index contributed by atoms with van der Waals surface area (Å²) in [5, 5.41) is 4.30. The van der Waals surface area contributed by atoms with Crippen LogP contribution in [0.15, 0.2) is 12.1 Å². The average Bonchev–Trinajstić information content (AvgIpc) is 3.31. The molecule has 2 aliphatic heterocycles. The first-order chi connectivity index (χ1) is 15.8. The van der Waals surface area contributed by atoms with Crippen LogP contribution in [0.4, 0.5) is 11.8 Å². The first-order valence-electron chi connectivity index (χ1n) is 11.7. The van der Waals surface area contributed by atoms with Crippen LogP contribution in [0.5, 0.6) is 11.5 Å². The first kappa shape index (κ1) is 23.8. The summed E-state index contributed by atoms with van der Waals surface area (Å²) in [6.45, 7) is 4.04. The topological polar surface area (TPSA) is 96.9 Å². The van der Waals surface area contributed by atoms with Crippen molar-refractivity contribution in [2.45, 2.75) is 38.1 Å². The third-order valence-electron chi connectivity index (χ3n) is 6.34. The molecule has 0 aliphatic carbocycles. The normalized spacial score (nSPS) is 19.0. The minimum atomic E-state index is -2.93. The van der Waals surface area contributed by atoms with Crippen LogP contribution in [-0.4, -0.2) is 88.3 Å². The van der Waals surface area contributed by atoms with Gasteiger partial charge in [-0.1, -0.05) is 0 Å². The van der Waals surface area contributed by atoms with Gasteiger partial charge in [-0.3, -0.25) is 0 Å². The Morgan fingerprint density at radius 2 is 1.85 bits per heavy atom. The van der Waals surface area contributed by atoms with E-state index in [4.69, 9.17) is 19.4 Å². The van der Waals surface area contributed by atoms with Crippen molar-refractivity contribution in [3.8, 4) is 11.5 Å². The number of sulfone groups is 1. The number of ether oxygens (including phenoxy) is 2. The van der Waals surface area contributed by atoms with E-state index in [2.05, 4.69) is 10.2 Å². The summed E-state index contributed by atoms with van der Waals surface area (Å²) >= 11 is 0. The smallest absolute Gasteiger partial charge is 0.227 e. The van der Waals surface area contributed by atoms with Gasteiger partial charge in [-0.05, 0) is 51.3 Å². The molecule has 2 aliphatic rings. The molecule has 0 spiro atoms. The fourth-order valence-corrected chi connectivity index (χ4v) is 5.90. The molecular formula is C23H35N5O4S. The molecule has 2 fully saturated rings. The minimum absolute atomic E-state index is 0.0501. The molecule has 9 nitrogen and oxygen atoms in total. The van der Waals surface area contributed by atoms with Gasteiger partial charge in [0.05, 0.1) is 30.7 Å². The lowest BCUT2D eigenvalue weighted by atomic mass is 10.1. The van der Waals surface area contributed by atoms with Gasteiger partial charge in [0, 0.05) is 38.1 Å². The molecule has 1 N–H and O–H groups in total. The van der Waals surface area contributed by atoms with E-state index in [0.29, 0.717) is 42.7 Å². The molecule has 1 aromatic heterocycles. The van der Waals surface area contributed by atoms with E-state index in [-0.39, 0.29) is 17.5 Å². The Morgan fingerprint density at radius 1 is 1.12 bits per heavy atom. The lowest BCUT2D eigenvalue weighted by Crippen LogP contribution is -2.32. The average molecular weight is 478 g/mol. The molecule has 4 rings (SSSR count). The first-order valence-corrected chi connectivity index (χ1v) is 13.6. The monoisotopic (exact) mass is 477 g/mol. The van der Waals surface area contributed by atoms with Crippen molar-refractivity contribution in [2.75, 3.05) is 69.2 Å². The van der Waals surface area contributed by atoms with E-state index in [9.17, 15) is 8.42 Å². The van der Waals surface area contributed by atoms with Gasteiger partial charge in [0.25, 0.3) is 0 Å². The Hall–Kier alpha value is -2.33. The highest BCUT2D eigenvalue weighted by Crippen LogP contribution is 2.36. The fraction of sp³-hybridized carbons (Fsp3) is 0.652. The van der Waals surface area contributed by atoms with Crippen molar-refractivity contribution in [1.82, 2.24) is 14.9 Å². The largest absolute Gasteiger partial charge is 0.493 e. The zero-order valence-electron chi connectivity index (χ0n) is 19.8. The van der Waals surface area contributed by atoms with E-state index < -0.39 is 9.84 Å². The number of methoxy groups -OCH3 is 1. The van der Waals surface area contributed by atoms with Crippen LogP contribution in [0, 0.1) is 0 Å². The summed E-state index contributed by atoms with van der Waals surface area (Å²) in [5.74, 6) is 2.98. The molecule has 3 heterocycles. The molecule has 182 valence electrons. The van der Waals surface area contributed by atoms with Crippen molar-refractivity contribution in [3.05, 3.63) is 12.1 Å². The predicted octanol–water partition coefficient (Wildman–Crippen LogP) is 2.56. The summed E-state index contributed by atoms with van der Waals surface area (Å²) < 4.78 is 35.4. The second-order valence-electron chi connectivity index (χ2n) is 9.11. The number of hydrogen-bond donors (Lipinski definition) is 1. The van der Waals surface area contributed by atoms with Gasteiger partial charge >= 0.3 is 0 Å². The third kappa shape index (κ3) is 5.97. The van der Waals surface area contributed by atoms with Gasteiger partial charge in [-0.25, -0.2) is 13.4 Å². The van der Waals surface area contributed by atoms with E-state index in [0.717, 1.165) is 23.9 Å². The van der Waals surface area contributed by atoms with Crippen LogP contribution in [0.25, 0.3) is 10.9 Å². The lowest BCUT2D eigenvalue weighted by molar-refractivity contribution is 0.254. The number of rotatable bonds is 9. The number of anilines is 2. The summed E-state index contributed by atoms with van der Waals surface area (Å²) in [6, 6.07) is 3.87. The maximum Gasteiger partial charge on any atom is 0.227 e. The van der Waals surface area contributed by atoms with Crippen LogP contribution in [0.3, 0.4) is 0 Å². The van der Waals surface area contributed by atoms with Crippen molar-refractivity contribution >= 4 is 32.5 Å². The summed E-state index contributed by atoms with van der Waals surface area (Å²) in [4.78, 5) is 13.8. The maximum absolute atomic E-state index is 11.8. The van der Waals surface area contributed by atoms with Crippen molar-refractivity contribution in [3.63, 3.8) is 0 Å². The zero-order valence-corrected chi connectivity index (χ0v) is 20.7. The molecule has 2 aromatic rings. The highest BCUT2D eigenvalue weighted by atomic mass is 32.2. The van der Waals surface area contributed by atoms with Crippen LogP contribution >= 0.6 is 0 Å². The minimum Gasteiger partial charge on any atom is -0.493 e. The Morgan fingerprint density at radius 3 is 2.52 bits per heavy atom. The van der Waals surface area contributed by atoms with Crippen LogP contribution in [-0.2, 0) is 9.84 Å².